The van der Waals surface area contributed by atoms with Crippen LogP contribution in [0.5, 0.6) is 5.75 Å². The maximum Gasteiger partial charge on any atom is 0.303 e. The average Bonchev–Trinajstić information content (AvgIpc) is 2.87. The van der Waals surface area contributed by atoms with Gasteiger partial charge in [-0.3, -0.25) is 14.4 Å². The molecule has 1 atom stereocenters. The van der Waals surface area contributed by atoms with E-state index in [0.717, 1.165) is 22.4 Å². The molecular weight excluding hydrogens is 432 g/mol. The third-order valence-corrected chi connectivity index (χ3v) is 5.37. The molecule has 0 fully saturated rings. The van der Waals surface area contributed by atoms with Gasteiger partial charge in [0.05, 0.1) is 7.11 Å². The summed E-state index contributed by atoms with van der Waals surface area (Å²) in [6.07, 6.45) is 0.332. The van der Waals surface area contributed by atoms with E-state index < -0.39 is 23.8 Å². The lowest BCUT2D eigenvalue weighted by atomic mass is 10.0. The van der Waals surface area contributed by atoms with Gasteiger partial charge in [-0.1, -0.05) is 54.6 Å². The van der Waals surface area contributed by atoms with Crippen molar-refractivity contribution in [2.75, 3.05) is 13.7 Å². The molecule has 3 aromatic rings. The molecule has 0 aliphatic heterocycles. The van der Waals surface area contributed by atoms with E-state index in [2.05, 4.69) is 10.6 Å². The Balaban J connectivity index is 1.61. The number of hydrogen-bond donors (Lipinski definition) is 3. The van der Waals surface area contributed by atoms with Crippen LogP contribution in [0.15, 0.2) is 78.9 Å². The summed E-state index contributed by atoms with van der Waals surface area (Å²) in [5.74, 6) is -1.15. The van der Waals surface area contributed by atoms with E-state index in [1.165, 1.54) is 0 Å². The lowest BCUT2D eigenvalue weighted by Crippen LogP contribution is -2.47. The van der Waals surface area contributed by atoms with Crippen LogP contribution in [-0.4, -0.2) is 42.6 Å². The van der Waals surface area contributed by atoms with Crippen LogP contribution < -0.4 is 15.4 Å². The second kappa shape index (κ2) is 12.2. The molecule has 7 nitrogen and oxygen atoms in total. The minimum Gasteiger partial charge on any atom is -0.497 e. The van der Waals surface area contributed by atoms with E-state index in [4.69, 9.17) is 9.84 Å². The summed E-state index contributed by atoms with van der Waals surface area (Å²) >= 11 is 0. The number of ether oxygens (including phenoxy) is 1. The van der Waals surface area contributed by atoms with Gasteiger partial charge in [0.1, 0.15) is 11.8 Å². The van der Waals surface area contributed by atoms with Crippen molar-refractivity contribution in [1.82, 2.24) is 10.6 Å². The molecule has 0 aliphatic rings. The Kier molecular flexibility index (Phi) is 8.80. The molecular formula is C27H28N2O5. The third-order valence-electron chi connectivity index (χ3n) is 5.37. The van der Waals surface area contributed by atoms with Crippen LogP contribution in [0.4, 0.5) is 0 Å². The summed E-state index contributed by atoms with van der Waals surface area (Å²) in [6.45, 7) is 0.344. The number of nitrogens with one attached hydrogen (secondary N) is 2. The normalized spacial score (nSPS) is 11.3. The van der Waals surface area contributed by atoms with E-state index in [1.54, 1.807) is 19.2 Å². The first-order valence-electron chi connectivity index (χ1n) is 11.0. The van der Waals surface area contributed by atoms with Gasteiger partial charge in [0, 0.05) is 18.5 Å². The van der Waals surface area contributed by atoms with E-state index in [9.17, 15) is 14.4 Å². The maximum atomic E-state index is 12.8. The molecule has 7 heteroatoms. The fourth-order valence-electron chi connectivity index (χ4n) is 3.50. The number of carbonyl (C=O) groups excluding carboxylic acids is 2. The fraction of sp³-hybridized carbons (Fsp3) is 0.222. The Bertz CT molecular complexity index is 1110. The van der Waals surface area contributed by atoms with E-state index in [-0.39, 0.29) is 12.8 Å². The topological polar surface area (TPSA) is 105 Å². The van der Waals surface area contributed by atoms with Gasteiger partial charge in [-0.2, -0.15) is 0 Å². The summed E-state index contributed by atoms with van der Waals surface area (Å²) in [7, 11) is 1.59. The molecule has 0 heterocycles. The molecule has 0 bridgehead atoms. The smallest absolute Gasteiger partial charge is 0.303 e. The largest absolute Gasteiger partial charge is 0.497 e. The predicted octanol–water partition coefficient (Wildman–Crippen LogP) is 3.68. The van der Waals surface area contributed by atoms with Crippen LogP contribution in [0.2, 0.25) is 0 Å². The molecule has 0 unspecified atom stereocenters. The Labute approximate surface area is 198 Å². The highest BCUT2D eigenvalue weighted by molar-refractivity contribution is 5.98. The summed E-state index contributed by atoms with van der Waals surface area (Å²) in [5, 5.41) is 14.5. The van der Waals surface area contributed by atoms with Gasteiger partial charge in [0.2, 0.25) is 5.91 Å². The van der Waals surface area contributed by atoms with Gasteiger partial charge < -0.3 is 20.5 Å². The highest BCUT2D eigenvalue weighted by Gasteiger charge is 2.22. The molecule has 0 saturated carbocycles. The van der Waals surface area contributed by atoms with Gasteiger partial charge >= 0.3 is 5.97 Å². The average molecular weight is 461 g/mol. The van der Waals surface area contributed by atoms with Gasteiger partial charge in [-0.25, -0.2) is 0 Å². The molecule has 0 radical (unpaired) electrons. The molecule has 0 aromatic heterocycles. The number of amides is 2. The SMILES string of the molecule is COc1cccc(CCNC(=O)[C@H](CCC(=O)O)NC(=O)c2ccc(-c3ccccc3)cc2)c1. The van der Waals surface area contributed by atoms with Crippen molar-refractivity contribution in [1.29, 1.82) is 0 Å². The number of carboxylic acid groups (broad SMARTS) is 1. The Morgan fingerprint density at radius 1 is 0.912 bits per heavy atom. The minimum absolute atomic E-state index is 0.00579. The van der Waals surface area contributed by atoms with Crippen LogP contribution in [0.3, 0.4) is 0 Å². The number of carboxylic acids is 1. The third kappa shape index (κ3) is 7.20. The molecule has 34 heavy (non-hydrogen) atoms. The molecule has 176 valence electrons. The van der Waals surface area contributed by atoms with Crippen LogP contribution in [0.1, 0.15) is 28.8 Å². The quantitative estimate of drug-likeness (QED) is 0.405. The monoisotopic (exact) mass is 460 g/mol. The van der Waals surface area contributed by atoms with Crippen LogP contribution in [-0.2, 0) is 16.0 Å². The molecule has 0 spiro atoms. The second-order valence-electron chi connectivity index (χ2n) is 7.79. The summed E-state index contributed by atoms with van der Waals surface area (Å²) in [6, 6.07) is 23.4. The first-order chi connectivity index (χ1) is 16.5. The number of aliphatic carboxylic acids is 1. The Morgan fingerprint density at radius 2 is 1.62 bits per heavy atom. The Hall–Kier alpha value is -4.13. The van der Waals surface area contributed by atoms with E-state index >= 15 is 0 Å². The number of carbonyl (C=O) groups is 3. The predicted molar refractivity (Wildman–Crippen MR) is 130 cm³/mol. The van der Waals surface area contributed by atoms with Gasteiger partial charge in [0.15, 0.2) is 0 Å². The lowest BCUT2D eigenvalue weighted by molar-refractivity contribution is -0.137. The maximum absolute atomic E-state index is 12.8. The first-order valence-corrected chi connectivity index (χ1v) is 11.0. The lowest BCUT2D eigenvalue weighted by Gasteiger charge is -2.18. The summed E-state index contributed by atoms with van der Waals surface area (Å²) in [4.78, 5) is 36.6. The van der Waals surface area contributed by atoms with E-state index in [1.807, 2.05) is 66.7 Å². The van der Waals surface area contributed by atoms with Crippen molar-refractivity contribution in [2.24, 2.45) is 0 Å². The Morgan fingerprint density at radius 3 is 2.29 bits per heavy atom. The van der Waals surface area contributed by atoms with Crippen molar-refractivity contribution in [3.63, 3.8) is 0 Å². The minimum atomic E-state index is -1.03. The van der Waals surface area contributed by atoms with Crippen molar-refractivity contribution in [3.05, 3.63) is 90.0 Å². The van der Waals surface area contributed by atoms with Crippen molar-refractivity contribution < 1.29 is 24.2 Å². The van der Waals surface area contributed by atoms with Crippen molar-refractivity contribution >= 4 is 17.8 Å². The second-order valence-corrected chi connectivity index (χ2v) is 7.79. The molecule has 3 rings (SSSR count). The van der Waals surface area contributed by atoms with Gasteiger partial charge in [0.25, 0.3) is 5.91 Å². The van der Waals surface area contributed by atoms with Crippen LogP contribution in [0, 0.1) is 0 Å². The van der Waals surface area contributed by atoms with Crippen LogP contribution >= 0.6 is 0 Å². The van der Waals surface area contributed by atoms with E-state index in [0.29, 0.717) is 18.5 Å². The molecule has 0 saturated heterocycles. The number of methoxy groups -OCH3 is 1. The highest BCUT2D eigenvalue weighted by Crippen LogP contribution is 2.19. The number of hydrogen-bond acceptors (Lipinski definition) is 4. The zero-order valence-electron chi connectivity index (χ0n) is 19.0. The van der Waals surface area contributed by atoms with Crippen LogP contribution in [0.25, 0.3) is 11.1 Å². The van der Waals surface area contributed by atoms with Gasteiger partial charge in [-0.05, 0) is 53.8 Å². The first kappa shape index (κ1) is 24.5. The summed E-state index contributed by atoms with van der Waals surface area (Å²) < 4.78 is 5.20. The number of rotatable bonds is 11. The molecule has 0 aliphatic carbocycles. The number of benzene rings is 3. The standard InChI is InChI=1S/C27H28N2O5/c1-34-23-9-5-6-19(18-23)16-17-28-27(33)24(14-15-25(30)31)29-26(32)22-12-10-21(11-13-22)20-7-3-2-4-8-20/h2-13,18,24H,14-17H2,1H3,(H,28,33)(H,29,32)(H,30,31)/t24-/m0/s1. The van der Waals surface area contributed by atoms with Crippen molar-refractivity contribution in [2.45, 2.75) is 25.3 Å². The van der Waals surface area contributed by atoms with Crippen molar-refractivity contribution in [3.8, 4) is 16.9 Å². The zero-order chi connectivity index (χ0) is 24.3. The molecule has 3 N–H and O–H groups in total. The summed E-state index contributed by atoms with van der Waals surface area (Å²) in [5.41, 5.74) is 3.38. The zero-order valence-corrected chi connectivity index (χ0v) is 19.0. The molecule has 3 aromatic carbocycles. The highest BCUT2D eigenvalue weighted by atomic mass is 16.5. The van der Waals surface area contributed by atoms with Gasteiger partial charge in [-0.15, -0.1) is 0 Å². The molecule has 2 amide bonds. The fourth-order valence-corrected chi connectivity index (χ4v) is 3.50.